The molecule has 1 saturated heterocycles. The van der Waals surface area contributed by atoms with Crippen molar-refractivity contribution in [1.29, 1.82) is 0 Å². The molecule has 36 heavy (non-hydrogen) atoms. The van der Waals surface area contributed by atoms with Crippen LogP contribution in [-0.4, -0.2) is 70.0 Å². The molecular formula is C27H31N3O5S. The summed E-state index contributed by atoms with van der Waals surface area (Å²) in [6.07, 6.45) is 0. The molecule has 9 heteroatoms. The van der Waals surface area contributed by atoms with E-state index in [0.29, 0.717) is 62.1 Å². The molecule has 1 aliphatic rings. The van der Waals surface area contributed by atoms with Crippen LogP contribution in [0.1, 0.15) is 15.9 Å². The highest BCUT2D eigenvalue weighted by atomic mass is 32.2. The normalized spacial score (nSPS) is 14.8. The van der Waals surface area contributed by atoms with Crippen LogP contribution < -0.4 is 14.8 Å². The number of amides is 1. The molecule has 0 unspecified atom stereocenters. The maximum Gasteiger partial charge on any atom is 0.251 e. The topological polar surface area (TPSA) is 88.2 Å². The number of nitrogens with zero attached hydrogens (tertiary/aromatic N) is 2. The minimum Gasteiger partial charge on any atom is -0.497 e. The molecule has 3 aromatic rings. The monoisotopic (exact) mass is 509 g/mol. The Kier molecular flexibility index (Phi) is 8.58. The third-order valence-corrected chi connectivity index (χ3v) is 7.94. The van der Waals surface area contributed by atoms with Crippen LogP contribution in [0.15, 0.2) is 83.8 Å². The van der Waals surface area contributed by atoms with Crippen LogP contribution in [0.4, 0.5) is 0 Å². The molecule has 0 aromatic heterocycles. The molecule has 1 heterocycles. The maximum absolute atomic E-state index is 12.8. The average molecular weight is 510 g/mol. The van der Waals surface area contributed by atoms with Gasteiger partial charge in [-0.3, -0.25) is 9.69 Å². The molecule has 1 fully saturated rings. The number of carbonyl (C=O) groups is 1. The van der Waals surface area contributed by atoms with Crippen LogP contribution in [0.2, 0.25) is 0 Å². The van der Waals surface area contributed by atoms with Crippen molar-refractivity contribution in [2.24, 2.45) is 0 Å². The lowest BCUT2D eigenvalue weighted by molar-refractivity contribution is 0.0947. The molecule has 8 nitrogen and oxygen atoms in total. The van der Waals surface area contributed by atoms with Gasteiger partial charge in [0.2, 0.25) is 10.0 Å². The number of carbonyl (C=O) groups excluding carboxylic acids is 1. The van der Waals surface area contributed by atoms with Gasteiger partial charge in [0.05, 0.1) is 18.6 Å². The Bertz CT molecular complexity index is 1240. The fourth-order valence-electron chi connectivity index (χ4n) is 4.02. The van der Waals surface area contributed by atoms with Crippen LogP contribution in [0.25, 0.3) is 0 Å². The highest BCUT2D eigenvalue weighted by Gasteiger charge is 2.28. The van der Waals surface area contributed by atoms with E-state index in [9.17, 15) is 13.2 Å². The van der Waals surface area contributed by atoms with E-state index in [1.807, 2.05) is 48.5 Å². The van der Waals surface area contributed by atoms with Crippen LogP contribution in [0.3, 0.4) is 0 Å². The van der Waals surface area contributed by atoms with E-state index in [1.54, 1.807) is 41.7 Å². The first-order valence-electron chi connectivity index (χ1n) is 11.9. The molecule has 1 aliphatic heterocycles. The highest BCUT2D eigenvalue weighted by Crippen LogP contribution is 2.19. The average Bonchev–Trinajstić information content (AvgIpc) is 2.92. The maximum atomic E-state index is 12.8. The fraction of sp³-hybridized carbons (Fsp3) is 0.296. The summed E-state index contributed by atoms with van der Waals surface area (Å²) in [6, 6.07) is 23.4. The molecule has 0 bridgehead atoms. The first-order chi connectivity index (χ1) is 17.5. The zero-order chi connectivity index (χ0) is 25.4. The summed E-state index contributed by atoms with van der Waals surface area (Å²) in [5.41, 5.74) is 1.66. The van der Waals surface area contributed by atoms with Crippen LogP contribution in [-0.2, 0) is 16.6 Å². The van der Waals surface area contributed by atoms with Gasteiger partial charge in [0.1, 0.15) is 18.1 Å². The molecule has 0 spiro atoms. The smallest absolute Gasteiger partial charge is 0.251 e. The third kappa shape index (κ3) is 6.63. The Morgan fingerprint density at radius 2 is 1.58 bits per heavy atom. The number of sulfonamides is 1. The lowest BCUT2D eigenvalue weighted by Crippen LogP contribution is -2.48. The summed E-state index contributed by atoms with van der Waals surface area (Å²) in [4.78, 5) is 15.0. The molecule has 0 aliphatic carbocycles. The number of methoxy groups -OCH3 is 1. The van der Waals surface area contributed by atoms with Gasteiger partial charge in [-0.15, -0.1) is 0 Å². The van der Waals surface area contributed by atoms with Crippen molar-refractivity contribution >= 4 is 15.9 Å². The van der Waals surface area contributed by atoms with E-state index in [1.165, 1.54) is 0 Å². The Labute approximate surface area is 212 Å². The second-order valence-corrected chi connectivity index (χ2v) is 10.4. The lowest BCUT2D eigenvalue weighted by Gasteiger charge is -2.34. The highest BCUT2D eigenvalue weighted by molar-refractivity contribution is 7.89. The van der Waals surface area contributed by atoms with Gasteiger partial charge in [0, 0.05) is 44.4 Å². The molecule has 0 saturated carbocycles. The van der Waals surface area contributed by atoms with E-state index in [0.717, 1.165) is 11.3 Å². The molecule has 3 aromatic carbocycles. The number of piperazine rings is 1. The van der Waals surface area contributed by atoms with Gasteiger partial charge < -0.3 is 14.8 Å². The van der Waals surface area contributed by atoms with E-state index in [-0.39, 0.29) is 5.91 Å². The minimum absolute atomic E-state index is 0.157. The minimum atomic E-state index is -3.45. The molecule has 4 rings (SSSR count). The zero-order valence-electron chi connectivity index (χ0n) is 20.3. The second kappa shape index (κ2) is 12.0. The number of rotatable bonds is 10. The predicted octanol–water partition coefficient (Wildman–Crippen LogP) is 3.01. The van der Waals surface area contributed by atoms with Crippen molar-refractivity contribution in [3.63, 3.8) is 0 Å². The van der Waals surface area contributed by atoms with Gasteiger partial charge in [-0.2, -0.15) is 4.31 Å². The largest absolute Gasteiger partial charge is 0.497 e. The van der Waals surface area contributed by atoms with Gasteiger partial charge in [0.15, 0.2) is 0 Å². The van der Waals surface area contributed by atoms with Crippen LogP contribution in [0.5, 0.6) is 11.5 Å². The number of ether oxygens (including phenoxy) is 2. The van der Waals surface area contributed by atoms with Crippen molar-refractivity contribution in [3.05, 3.63) is 90.0 Å². The van der Waals surface area contributed by atoms with Gasteiger partial charge in [0.25, 0.3) is 5.91 Å². The van der Waals surface area contributed by atoms with Crippen molar-refractivity contribution in [2.45, 2.75) is 11.4 Å². The Morgan fingerprint density at radius 3 is 2.28 bits per heavy atom. The van der Waals surface area contributed by atoms with Gasteiger partial charge >= 0.3 is 0 Å². The SMILES string of the molecule is COc1cccc(OCCNC(=O)c2ccc(CN3CCN(S(=O)(=O)c4ccccc4)CC3)cc2)c1. The molecule has 1 amide bonds. The standard InChI is InChI=1S/C27H31N3O5S/c1-34-24-6-5-7-25(20-24)35-19-14-28-27(31)23-12-10-22(11-13-23)21-29-15-17-30(18-16-29)36(32,33)26-8-3-2-4-9-26/h2-13,20H,14-19,21H2,1H3,(H,28,31). The Hall–Kier alpha value is -3.40. The lowest BCUT2D eigenvalue weighted by atomic mass is 10.1. The number of hydrogen-bond donors (Lipinski definition) is 1. The number of hydrogen-bond acceptors (Lipinski definition) is 6. The van der Waals surface area contributed by atoms with E-state index in [2.05, 4.69) is 10.2 Å². The second-order valence-electron chi connectivity index (χ2n) is 8.47. The first-order valence-corrected chi connectivity index (χ1v) is 13.3. The van der Waals surface area contributed by atoms with Crippen molar-refractivity contribution in [3.8, 4) is 11.5 Å². The molecular weight excluding hydrogens is 478 g/mol. The van der Waals surface area contributed by atoms with Crippen molar-refractivity contribution in [1.82, 2.24) is 14.5 Å². The molecule has 1 N–H and O–H groups in total. The summed E-state index contributed by atoms with van der Waals surface area (Å²) in [7, 11) is -1.85. The first kappa shape index (κ1) is 25.7. The quantitative estimate of drug-likeness (QED) is 0.423. The van der Waals surface area contributed by atoms with Gasteiger partial charge in [-0.05, 0) is 42.0 Å². The summed E-state index contributed by atoms with van der Waals surface area (Å²) in [5.74, 6) is 1.25. The Balaban J connectivity index is 1.20. The molecule has 0 radical (unpaired) electrons. The van der Waals surface area contributed by atoms with E-state index >= 15 is 0 Å². The van der Waals surface area contributed by atoms with Gasteiger partial charge in [-0.1, -0.05) is 36.4 Å². The van der Waals surface area contributed by atoms with Crippen LogP contribution >= 0.6 is 0 Å². The third-order valence-electron chi connectivity index (χ3n) is 6.03. The number of nitrogens with one attached hydrogen (secondary N) is 1. The predicted molar refractivity (Wildman–Crippen MR) is 138 cm³/mol. The van der Waals surface area contributed by atoms with Crippen molar-refractivity contribution < 1.29 is 22.7 Å². The van der Waals surface area contributed by atoms with Crippen molar-refractivity contribution in [2.75, 3.05) is 46.4 Å². The summed E-state index contributed by atoms with van der Waals surface area (Å²) >= 11 is 0. The molecule has 0 atom stereocenters. The zero-order valence-corrected chi connectivity index (χ0v) is 21.1. The van der Waals surface area contributed by atoms with Crippen LogP contribution in [0, 0.1) is 0 Å². The summed E-state index contributed by atoms with van der Waals surface area (Å²) in [6.45, 7) is 3.65. The number of benzene rings is 3. The van der Waals surface area contributed by atoms with Gasteiger partial charge in [-0.25, -0.2) is 8.42 Å². The fourth-order valence-corrected chi connectivity index (χ4v) is 5.46. The summed E-state index contributed by atoms with van der Waals surface area (Å²) < 4.78 is 38.0. The summed E-state index contributed by atoms with van der Waals surface area (Å²) in [5, 5.41) is 2.86. The van der Waals surface area contributed by atoms with E-state index in [4.69, 9.17) is 9.47 Å². The van der Waals surface area contributed by atoms with E-state index < -0.39 is 10.0 Å². The molecule has 190 valence electrons. The Morgan fingerprint density at radius 1 is 0.889 bits per heavy atom.